The van der Waals surface area contributed by atoms with E-state index >= 15 is 0 Å². The Morgan fingerprint density at radius 2 is 1.93 bits per heavy atom. The van der Waals surface area contributed by atoms with Gasteiger partial charge in [-0.15, -0.1) is 24.0 Å². The Balaban J connectivity index is 0.00000420. The lowest BCUT2D eigenvalue weighted by atomic mass is 10.1. The molecule has 0 spiro atoms. The normalized spacial score (nSPS) is 11.2. The van der Waals surface area contributed by atoms with Crippen molar-refractivity contribution in [3.8, 4) is 5.75 Å². The number of ether oxygens (including phenoxy) is 2. The van der Waals surface area contributed by atoms with E-state index in [-0.39, 0.29) is 24.0 Å². The van der Waals surface area contributed by atoms with Crippen LogP contribution >= 0.6 is 24.0 Å². The molecular weight excluding hydrogens is 481 g/mol. The maximum atomic E-state index is 5.45. The van der Waals surface area contributed by atoms with Gasteiger partial charge in [0.05, 0.1) is 26.0 Å². The fraction of sp³-hybridized carbons (Fsp3) is 0.524. The van der Waals surface area contributed by atoms with Crippen LogP contribution in [-0.4, -0.2) is 50.2 Å². The molecule has 0 unspecified atom stereocenters. The first-order chi connectivity index (χ1) is 13.5. The van der Waals surface area contributed by atoms with Crippen LogP contribution < -0.4 is 15.4 Å². The standard InChI is InChI=1S/C21H33N5O2.HI/c1-15-7-8-20(28-6)18(13-15)9-10-23-21(22-4)24-14-19-16(2)25-26(17(19)3)11-12-27-5;/h7-8,13H,9-12,14H2,1-6H3,(H2,22,23,24);1H. The molecule has 0 atom stereocenters. The van der Waals surface area contributed by atoms with E-state index in [1.165, 1.54) is 16.7 Å². The number of aliphatic imine (C=N–C) groups is 1. The molecule has 0 bridgehead atoms. The van der Waals surface area contributed by atoms with Crippen LogP contribution in [0.5, 0.6) is 5.75 Å². The van der Waals surface area contributed by atoms with Gasteiger partial charge < -0.3 is 20.1 Å². The number of nitrogens with zero attached hydrogens (tertiary/aromatic N) is 3. The minimum Gasteiger partial charge on any atom is -0.496 e. The van der Waals surface area contributed by atoms with Crippen LogP contribution in [0.3, 0.4) is 0 Å². The minimum absolute atomic E-state index is 0. The van der Waals surface area contributed by atoms with Gasteiger partial charge in [-0.2, -0.15) is 5.10 Å². The predicted molar refractivity (Wildman–Crippen MR) is 129 cm³/mol. The molecule has 2 N–H and O–H groups in total. The second-order valence-corrected chi connectivity index (χ2v) is 6.78. The zero-order valence-corrected chi connectivity index (χ0v) is 20.7. The monoisotopic (exact) mass is 515 g/mol. The molecule has 29 heavy (non-hydrogen) atoms. The van der Waals surface area contributed by atoms with Crippen molar-refractivity contribution in [2.45, 2.75) is 40.3 Å². The summed E-state index contributed by atoms with van der Waals surface area (Å²) in [6.07, 6.45) is 0.860. The van der Waals surface area contributed by atoms with E-state index in [9.17, 15) is 0 Å². The largest absolute Gasteiger partial charge is 0.496 e. The second kappa shape index (κ2) is 12.7. The summed E-state index contributed by atoms with van der Waals surface area (Å²) >= 11 is 0. The summed E-state index contributed by atoms with van der Waals surface area (Å²) in [5, 5.41) is 11.4. The number of hydrogen-bond donors (Lipinski definition) is 2. The molecule has 1 aromatic carbocycles. The van der Waals surface area contributed by atoms with Crippen molar-refractivity contribution in [1.29, 1.82) is 0 Å². The average molecular weight is 515 g/mol. The molecule has 162 valence electrons. The number of hydrogen-bond acceptors (Lipinski definition) is 4. The molecule has 0 aliphatic carbocycles. The number of guanidine groups is 1. The van der Waals surface area contributed by atoms with Gasteiger partial charge in [0.25, 0.3) is 0 Å². The molecule has 2 rings (SSSR count). The van der Waals surface area contributed by atoms with Crippen LogP contribution in [0.4, 0.5) is 0 Å². The first-order valence-corrected chi connectivity index (χ1v) is 9.60. The topological polar surface area (TPSA) is 72.7 Å². The Labute approximate surface area is 191 Å². The fourth-order valence-corrected chi connectivity index (χ4v) is 3.20. The number of halogens is 1. The third-order valence-electron chi connectivity index (χ3n) is 4.82. The molecule has 0 saturated carbocycles. The molecule has 0 aliphatic rings. The highest BCUT2D eigenvalue weighted by atomic mass is 127. The van der Waals surface area contributed by atoms with E-state index in [4.69, 9.17) is 9.47 Å². The highest BCUT2D eigenvalue weighted by Gasteiger charge is 2.12. The maximum absolute atomic E-state index is 5.45. The van der Waals surface area contributed by atoms with Crippen molar-refractivity contribution in [3.63, 3.8) is 0 Å². The van der Waals surface area contributed by atoms with Gasteiger partial charge in [0, 0.05) is 38.5 Å². The SMILES string of the molecule is CN=C(NCCc1cc(C)ccc1OC)NCc1c(C)nn(CCOC)c1C.I. The van der Waals surface area contributed by atoms with Crippen molar-refractivity contribution in [2.24, 2.45) is 4.99 Å². The Morgan fingerprint density at radius 1 is 1.17 bits per heavy atom. The summed E-state index contributed by atoms with van der Waals surface area (Å²) in [6.45, 7) is 9.08. The molecule has 0 aliphatic heterocycles. The van der Waals surface area contributed by atoms with Gasteiger partial charge in [-0.3, -0.25) is 9.67 Å². The van der Waals surface area contributed by atoms with Gasteiger partial charge in [0.1, 0.15) is 5.75 Å². The fourth-order valence-electron chi connectivity index (χ4n) is 3.20. The molecule has 0 radical (unpaired) electrons. The third kappa shape index (κ3) is 7.18. The Hall–Kier alpha value is -1.81. The molecular formula is C21H34IN5O2. The van der Waals surface area contributed by atoms with Gasteiger partial charge in [0.2, 0.25) is 0 Å². The van der Waals surface area contributed by atoms with E-state index in [2.05, 4.69) is 46.7 Å². The molecule has 0 fully saturated rings. The first-order valence-electron chi connectivity index (χ1n) is 9.60. The van der Waals surface area contributed by atoms with Crippen molar-refractivity contribution in [3.05, 3.63) is 46.3 Å². The molecule has 1 heterocycles. The molecule has 0 saturated heterocycles. The molecule has 2 aromatic rings. The molecule has 0 amide bonds. The van der Waals surface area contributed by atoms with Crippen molar-refractivity contribution in [2.75, 3.05) is 34.4 Å². The number of aromatic nitrogens is 2. The number of aryl methyl sites for hydroxylation is 2. The summed E-state index contributed by atoms with van der Waals surface area (Å²) in [5.41, 5.74) is 5.80. The third-order valence-corrected chi connectivity index (χ3v) is 4.82. The summed E-state index contributed by atoms with van der Waals surface area (Å²) < 4.78 is 12.6. The number of nitrogens with one attached hydrogen (secondary N) is 2. The smallest absolute Gasteiger partial charge is 0.191 e. The van der Waals surface area contributed by atoms with Gasteiger partial charge in [-0.05, 0) is 38.8 Å². The van der Waals surface area contributed by atoms with Crippen LogP contribution in [0.15, 0.2) is 23.2 Å². The molecule has 7 nitrogen and oxygen atoms in total. The Morgan fingerprint density at radius 3 is 2.59 bits per heavy atom. The van der Waals surface area contributed by atoms with Gasteiger partial charge in [-0.25, -0.2) is 0 Å². The Kier molecular flexibility index (Phi) is 11.0. The lowest BCUT2D eigenvalue weighted by molar-refractivity contribution is 0.182. The number of benzene rings is 1. The Bertz CT molecular complexity index is 805. The zero-order valence-electron chi connectivity index (χ0n) is 18.3. The van der Waals surface area contributed by atoms with E-state index in [1.54, 1.807) is 21.3 Å². The lowest BCUT2D eigenvalue weighted by Crippen LogP contribution is -2.38. The number of methoxy groups -OCH3 is 2. The highest BCUT2D eigenvalue weighted by molar-refractivity contribution is 14.0. The zero-order chi connectivity index (χ0) is 20.5. The van der Waals surface area contributed by atoms with Gasteiger partial charge >= 0.3 is 0 Å². The summed E-state index contributed by atoms with van der Waals surface area (Å²) in [4.78, 5) is 4.33. The summed E-state index contributed by atoms with van der Waals surface area (Å²) in [6, 6.07) is 6.25. The van der Waals surface area contributed by atoms with Gasteiger partial charge in [-0.1, -0.05) is 17.7 Å². The summed E-state index contributed by atoms with van der Waals surface area (Å²) in [5.74, 6) is 1.69. The van der Waals surface area contributed by atoms with Crippen LogP contribution in [-0.2, 0) is 24.2 Å². The van der Waals surface area contributed by atoms with Gasteiger partial charge in [0.15, 0.2) is 5.96 Å². The van der Waals surface area contributed by atoms with Crippen LogP contribution in [0.2, 0.25) is 0 Å². The van der Waals surface area contributed by atoms with E-state index in [0.717, 1.165) is 42.6 Å². The van der Waals surface area contributed by atoms with Crippen LogP contribution in [0.25, 0.3) is 0 Å². The van der Waals surface area contributed by atoms with Crippen LogP contribution in [0.1, 0.15) is 28.1 Å². The maximum Gasteiger partial charge on any atom is 0.191 e. The minimum atomic E-state index is 0. The van der Waals surface area contributed by atoms with E-state index in [0.29, 0.717) is 13.2 Å². The average Bonchev–Trinajstić information content (AvgIpc) is 2.96. The van der Waals surface area contributed by atoms with Crippen molar-refractivity contribution < 1.29 is 9.47 Å². The van der Waals surface area contributed by atoms with Crippen LogP contribution in [0, 0.1) is 20.8 Å². The quantitative estimate of drug-likeness (QED) is 0.305. The highest BCUT2D eigenvalue weighted by Crippen LogP contribution is 2.19. The first kappa shape index (κ1) is 25.2. The van der Waals surface area contributed by atoms with Crippen molar-refractivity contribution in [1.82, 2.24) is 20.4 Å². The summed E-state index contributed by atoms with van der Waals surface area (Å²) in [7, 11) is 5.19. The molecule has 8 heteroatoms. The number of rotatable bonds is 9. The van der Waals surface area contributed by atoms with E-state index in [1.807, 2.05) is 17.7 Å². The molecule has 1 aromatic heterocycles. The lowest BCUT2D eigenvalue weighted by Gasteiger charge is -2.14. The van der Waals surface area contributed by atoms with E-state index < -0.39 is 0 Å². The van der Waals surface area contributed by atoms with Crippen molar-refractivity contribution >= 4 is 29.9 Å². The second-order valence-electron chi connectivity index (χ2n) is 6.78. The predicted octanol–water partition coefficient (Wildman–Crippen LogP) is 2.99.